The summed E-state index contributed by atoms with van der Waals surface area (Å²) in [6, 6.07) is 5.98. The lowest BCUT2D eigenvalue weighted by atomic mass is 10.0. The van der Waals surface area contributed by atoms with Gasteiger partial charge < -0.3 is 19.0 Å². The van der Waals surface area contributed by atoms with Crippen LogP contribution >= 0.6 is 0 Å². The molecule has 0 radical (unpaired) electrons. The third-order valence-corrected chi connectivity index (χ3v) is 5.32. The molecule has 0 saturated heterocycles. The van der Waals surface area contributed by atoms with Gasteiger partial charge in [0.05, 0.1) is 25.6 Å². The van der Waals surface area contributed by atoms with Gasteiger partial charge in [0.2, 0.25) is 5.91 Å². The first-order chi connectivity index (χ1) is 13.6. The van der Waals surface area contributed by atoms with Gasteiger partial charge in [0.15, 0.2) is 0 Å². The monoisotopic (exact) mass is 381 g/mol. The van der Waals surface area contributed by atoms with Crippen molar-refractivity contribution in [2.75, 3.05) is 6.54 Å². The molecule has 0 fully saturated rings. The molecular weight excluding hydrogens is 358 g/mol. The normalized spacial score (nSPS) is 13.6. The molecular formula is C21H23N3O4. The van der Waals surface area contributed by atoms with Crippen LogP contribution in [0.5, 0.6) is 0 Å². The number of fused-ring (bicyclic) bond motifs is 3. The number of furan rings is 1. The van der Waals surface area contributed by atoms with Crippen LogP contribution in [0.3, 0.4) is 0 Å². The molecule has 0 aliphatic carbocycles. The predicted molar refractivity (Wildman–Crippen MR) is 103 cm³/mol. The number of aromatic nitrogens is 2. The Bertz CT molecular complexity index is 991. The molecule has 0 saturated carbocycles. The minimum Gasteiger partial charge on any atom is -0.481 e. The van der Waals surface area contributed by atoms with Crippen LogP contribution in [0.15, 0.2) is 41.3 Å². The highest BCUT2D eigenvalue weighted by atomic mass is 16.4. The summed E-state index contributed by atoms with van der Waals surface area (Å²) < 4.78 is 7.39. The number of carbonyl (C=O) groups is 2. The topological polar surface area (TPSA) is 88.6 Å². The number of rotatable bonds is 7. The highest BCUT2D eigenvalue weighted by Crippen LogP contribution is 2.31. The number of nitrogens with zero attached hydrogens (tertiary/aromatic N) is 3. The summed E-state index contributed by atoms with van der Waals surface area (Å²) >= 11 is 0. The molecule has 7 heteroatoms. The number of amides is 1. The van der Waals surface area contributed by atoms with Crippen molar-refractivity contribution in [2.24, 2.45) is 0 Å². The standard InChI is InChI=1S/C21H23N3O4/c25-19(5-1-2-6-20(26)27)23-10-7-16-17-4-3-9-22-21(17)24(18(16)13-23)12-15-8-11-28-14-15/h3-4,8-9,11,14H,1-2,5-7,10,12-13H2,(H,26,27). The SMILES string of the molecule is O=C(O)CCCCC(=O)N1CCc2c(n(Cc3ccoc3)c3ncccc23)C1. The third-order valence-electron chi connectivity index (χ3n) is 5.32. The molecule has 0 bridgehead atoms. The summed E-state index contributed by atoms with van der Waals surface area (Å²) in [6.45, 7) is 1.89. The van der Waals surface area contributed by atoms with E-state index in [2.05, 4.69) is 15.6 Å². The summed E-state index contributed by atoms with van der Waals surface area (Å²) in [5.41, 5.74) is 4.38. The molecule has 4 heterocycles. The van der Waals surface area contributed by atoms with E-state index in [4.69, 9.17) is 9.52 Å². The summed E-state index contributed by atoms with van der Waals surface area (Å²) in [4.78, 5) is 29.7. The molecule has 0 aromatic carbocycles. The van der Waals surface area contributed by atoms with E-state index in [1.165, 1.54) is 5.56 Å². The Morgan fingerprint density at radius 3 is 2.86 bits per heavy atom. The van der Waals surface area contributed by atoms with Gasteiger partial charge in [0.25, 0.3) is 0 Å². The smallest absolute Gasteiger partial charge is 0.303 e. The van der Waals surface area contributed by atoms with Crippen LogP contribution in [0, 0.1) is 0 Å². The Labute approximate surface area is 162 Å². The molecule has 1 aliphatic heterocycles. The molecule has 28 heavy (non-hydrogen) atoms. The van der Waals surface area contributed by atoms with Crippen LogP contribution in [-0.2, 0) is 29.1 Å². The maximum absolute atomic E-state index is 12.6. The number of carbonyl (C=O) groups excluding carboxylic acids is 1. The Balaban J connectivity index is 1.55. The van der Waals surface area contributed by atoms with Gasteiger partial charge >= 0.3 is 5.97 Å². The molecule has 0 atom stereocenters. The zero-order valence-electron chi connectivity index (χ0n) is 15.6. The summed E-state index contributed by atoms with van der Waals surface area (Å²) in [7, 11) is 0. The fourth-order valence-corrected chi connectivity index (χ4v) is 3.92. The van der Waals surface area contributed by atoms with Gasteiger partial charge in [-0.25, -0.2) is 4.98 Å². The van der Waals surface area contributed by atoms with E-state index < -0.39 is 5.97 Å². The summed E-state index contributed by atoms with van der Waals surface area (Å²) in [5.74, 6) is -0.726. The molecule has 0 unspecified atom stereocenters. The highest BCUT2D eigenvalue weighted by Gasteiger charge is 2.27. The van der Waals surface area contributed by atoms with E-state index in [1.54, 1.807) is 18.7 Å². The summed E-state index contributed by atoms with van der Waals surface area (Å²) in [6.07, 6.45) is 7.63. The third kappa shape index (κ3) is 3.65. The highest BCUT2D eigenvalue weighted by molar-refractivity contribution is 5.84. The second-order valence-electron chi connectivity index (χ2n) is 7.18. The van der Waals surface area contributed by atoms with Gasteiger partial charge in [-0.15, -0.1) is 0 Å². The molecule has 1 amide bonds. The maximum atomic E-state index is 12.6. The van der Waals surface area contributed by atoms with E-state index in [1.807, 2.05) is 17.0 Å². The zero-order chi connectivity index (χ0) is 19.5. The van der Waals surface area contributed by atoms with Gasteiger partial charge in [0.1, 0.15) is 5.65 Å². The van der Waals surface area contributed by atoms with Gasteiger partial charge in [-0.2, -0.15) is 0 Å². The Hall–Kier alpha value is -3.09. The van der Waals surface area contributed by atoms with Crippen LogP contribution in [0.25, 0.3) is 11.0 Å². The van der Waals surface area contributed by atoms with Crippen LogP contribution in [0.1, 0.15) is 42.5 Å². The Morgan fingerprint density at radius 2 is 2.07 bits per heavy atom. The average molecular weight is 381 g/mol. The molecule has 4 rings (SSSR count). The van der Waals surface area contributed by atoms with Crippen molar-refractivity contribution in [1.82, 2.24) is 14.5 Å². The van der Waals surface area contributed by atoms with Gasteiger partial charge in [-0.3, -0.25) is 9.59 Å². The predicted octanol–water partition coefficient (Wildman–Crippen LogP) is 3.21. The van der Waals surface area contributed by atoms with Crippen LogP contribution in [0.4, 0.5) is 0 Å². The van der Waals surface area contributed by atoms with Gasteiger partial charge in [-0.05, 0) is 43.0 Å². The second kappa shape index (κ2) is 7.88. The van der Waals surface area contributed by atoms with Crippen molar-refractivity contribution in [1.29, 1.82) is 0 Å². The van der Waals surface area contributed by atoms with Crippen LogP contribution in [0.2, 0.25) is 0 Å². The molecule has 1 N–H and O–H groups in total. The molecule has 1 aliphatic rings. The van der Waals surface area contributed by atoms with Gasteiger partial charge in [0, 0.05) is 42.2 Å². The molecule has 3 aromatic heterocycles. The van der Waals surface area contributed by atoms with Crippen molar-refractivity contribution >= 4 is 22.9 Å². The Morgan fingerprint density at radius 1 is 1.21 bits per heavy atom. The quantitative estimate of drug-likeness (QED) is 0.635. The second-order valence-corrected chi connectivity index (χ2v) is 7.18. The first kappa shape index (κ1) is 18.3. The van der Waals surface area contributed by atoms with Crippen molar-refractivity contribution in [3.8, 4) is 0 Å². The van der Waals surface area contributed by atoms with Gasteiger partial charge in [-0.1, -0.05) is 0 Å². The van der Waals surface area contributed by atoms with E-state index in [-0.39, 0.29) is 12.3 Å². The van der Waals surface area contributed by atoms with Crippen LogP contribution in [-0.4, -0.2) is 38.0 Å². The van der Waals surface area contributed by atoms with Crippen molar-refractivity contribution < 1.29 is 19.1 Å². The minimum atomic E-state index is -0.814. The van der Waals surface area contributed by atoms with E-state index >= 15 is 0 Å². The fraction of sp³-hybridized carbons (Fsp3) is 0.381. The number of aliphatic carboxylic acids is 1. The van der Waals surface area contributed by atoms with E-state index in [9.17, 15) is 9.59 Å². The van der Waals surface area contributed by atoms with Crippen molar-refractivity contribution in [3.63, 3.8) is 0 Å². The number of pyridine rings is 1. The number of carboxylic acid groups (broad SMARTS) is 1. The lowest BCUT2D eigenvalue weighted by Gasteiger charge is -2.28. The lowest BCUT2D eigenvalue weighted by molar-refractivity contribution is -0.137. The number of unbranched alkanes of at least 4 members (excludes halogenated alkanes) is 1. The average Bonchev–Trinajstić information content (AvgIpc) is 3.32. The number of carboxylic acids is 1. The number of hydrogen-bond acceptors (Lipinski definition) is 4. The van der Waals surface area contributed by atoms with Crippen molar-refractivity contribution in [3.05, 3.63) is 53.7 Å². The summed E-state index contributed by atoms with van der Waals surface area (Å²) in [5, 5.41) is 9.88. The molecule has 3 aromatic rings. The zero-order valence-corrected chi connectivity index (χ0v) is 15.6. The molecule has 146 valence electrons. The van der Waals surface area contributed by atoms with E-state index in [0.717, 1.165) is 28.7 Å². The number of hydrogen-bond donors (Lipinski definition) is 1. The van der Waals surface area contributed by atoms with Crippen LogP contribution < -0.4 is 0 Å². The minimum absolute atomic E-state index is 0.0871. The lowest BCUT2D eigenvalue weighted by Crippen LogP contribution is -2.36. The van der Waals surface area contributed by atoms with Crippen molar-refractivity contribution in [2.45, 2.75) is 45.2 Å². The maximum Gasteiger partial charge on any atom is 0.303 e. The van der Waals surface area contributed by atoms with E-state index in [0.29, 0.717) is 38.9 Å². The molecule has 7 nitrogen and oxygen atoms in total. The molecule has 0 spiro atoms. The first-order valence-electron chi connectivity index (χ1n) is 9.59. The first-order valence-corrected chi connectivity index (χ1v) is 9.59. The largest absolute Gasteiger partial charge is 0.481 e. The fourth-order valence-electron chi connectivity index (χ4n) is 3.92. The Kier molecular flexibility index (Phi) is 5.14.